The maximum absolute atomic E-state index is 11.8. The van der Waals surface area contributed by atoms with Gasteiger partial charge in [0, 0.05) is 0 Å². The number of rotatable bonds is 13. The predicted octanol–water partition coefficient (Wildman–Crippen LogP) is 8.21. The second-order valence-electron chi connectivity index (χ2n) is 8.60. The third-order valence-corrected chi connectivity index (χ3v) is 6.06. The third-order valence-electron chi connectivity index (χ3n) is 6.06. The van der Waals surface area contributed by atoms with Crippen molar-refractivity contribution in [2.75, 3.05) is 13.7 Å². The van der Waals surface area contributed by atoms with Crippen LogP contribution in [0.2, 0.25) is 0 Å². The van der Waals surface area contributed by atoms with Crippen molar-refractivity contribution < 1.29 is 14.3 Å². The highest BCUT2D eigenvalue weighted by Crippen LogP contribution is 2.28. The molecule has 0 spiro atoms. The largest absolute Gasteiger partial charge is 0.494 e. The molecule has 0 amide bonds. The average molecular weight is 445 g/mol. The molecule has 3 aromatic rings. The zero-order chi connectivity index (χ0) is 23.5. The van der Waals surface area contributed by atoms with E-state index >= 15 is 0 Å². The fraction of sp³-hybridized carbons (Fsp3) is 0.367. The normalized spacial score (nSPS) is 10.8. The lowest BCUT2D eigenvalue weighted by Gasteiger charge is -2.11. The molecule has 0 fully saturated rings. The summed E-state index contributed by atoms with van der Waals surface area (Å²) in [5, 5.41) is 2.28. The Balaban J connectivity index is 1.55. The molecule has 3 nitrogen and oxygen atoms in total. The Hall–Kier alpha value is -3.07. The van der Waals surface area contributed by atoms with Crippen molar-refractivity contribution in [2.24, 2.45) is 0 Å². The number of carbonyl (C=O) groups excluding carboxylic acids is 1. The van der Waals surface area contributed by atoms with Crippen LogP contribution in [-0.4, -0.2) is 19.7 Å². The molecule has 0 aliphatic carbocycles. The van der Waals surface area contributed by atoms with Crippen LogP contribution in [-0.2, 0) is 4.74 Å². The molecule has 3 rings (SSSR count). The number of esters is 1. The molecule has 174 valence electrons. The summed E-state index contributed by atoms with van der Waals surface area (Å²) in [5.74, 6) is 0.575. The summed E-state index contributed by atoms with van der Waals surface area (Å²) in [7, 11) is 1.39. The van der Waals surface area contributed by atoms with Gasteiger partial charge in [0.25, 0.3) is 0 Å². The molecule has 0 aliphatic heterocycles. The highest BCUT2D eigenvalue weighted by Gasteiger charge is 2.09. The first kappa shape index (κ1) is 24.6. The van der Waals surface area contributed by atoms with Crippen LogP contribution in [0.1, 0.15) is 79.8 Å². The van der Waals surface area contributed by atoms with E-state index in [4.69, 9.17) is 9.47 Å². The molecule has 0 aliphatic rings. The van der Waals surface area contributed by atoms with Gasteiger partial charge < -0.3 is 9.47 Å². The molecule has 3 heteroatoms. The summed E-state index contributed by atoms with van der Waals surface area (Å²) in [4.78, 5) is 11.8. The summed E-state index contributed by atoms with van der Waals surface area (Å²) >= 11 is 0. The van der Waals surface area contributed by atoms with Crippen LogP contribution >= 0.6 is 0 Å². The van der Waals surface area contributed by atoms with Gasteiger partial charge in [-0.05, 0) is 64.2 Å². The van der Waals surface area contributed by atoms with Gasteiger partial charge >= 0.3 is 5.97 Å². The van der Waals surface area contributed by atoms with Gasteiger partial charge in [-0.3, -0.25) is 0 Å². The van der Waals surface area contributed by atoms with E-state index in [9.17, 15) is 4.79 Å². The zero-order valence-corrected chi connectivity index (χ0v) is 20.1. The predicted molar refractivity (Wildman–Crippen MR) is 138 cm³/mol. The van der Waals surface area contributed by atoms with Crippen molar-refractivity contribution in [3.8, 4) is 5.75 Å². The lowest BCUT2D eigenvalue weighted by atomic mass is 9.96. The Kier molecular flexibility index (Phi) is 9.56. The van der Waals surface area contributed by atoms with Crippen LogP contribution in [0, 0.1) is 0 Å². The minimum absolute atomic E-state index is 0.345. The van der Waals surface area contributed by atoms with Crippen LogP contribution in [0.4, 0.5) is 0 Å². The Morgan fingerprint density at radius 1 is 0.758 bits per heavy atom. The van der Waals surface area contributed by atoms with E-state index < -0.39 is 0 Å². The van der Waals surface area contributed by atoms with Crippen LogP contribution in [0.5, 0.6) is 5.75 Å². The lowest BCUT2D eigenvalue weighted by Crippen LogP contribution is -2.01. The lowest BCUT2D eigenvalue weighted by molar-refractivity contribution is 0.0600. The van der Waals surface area contributed by atoms with E-state index in [0.29, 0.717) is 5.56 Å². The number of carbonyl (C=O) groups is 1. The van der Waals surface area contributed by atoms with Gasteiger partial charge in [-0.2, -0.15) is 0 Å². The van der Waals surface area contributed by atoms with E-state index in [1.165, 1.54) is 52.1 Å². The highest BCUT2D eigenvalue weighted by atomic mass is 16.5. The summed E-state index contributed by atoms with van der Waals surface area (Å²) in [6, 6.07) is 19.9. The van der Waals surface area contributed by atoms with Crippen molar-refractivity contribution in [1.82, 2.24) is 0 Å². The number of unbranched alkanes of at least 4 members (excludes halogenated alkanes) is 7. The van der Waals surface area contributed by atoms with Crippen LogP contribution in [0.25, 0.3) is 16.3 Å². The molecule has 0 radical (unpaired) electrons. The minimum atomic E-state index is -0.345. The Bertz CT molecular complexity index is 1070. The van der Waals surface area contributed by atoms with Crippen molar-refractivity contribution in [2.45, 2.75) is 58.3 Å². The maximum Gasteiger partial charge on any atom is 0.337 e. The quantitative estimate of drug-likeness (QED) is 0.197. The van der Waals surface area contributed by atoms with E-state index in [0.717, 1.165) is 46.2 Å². The van der Waals surface area contributed by atoms with Gasteiger partial charge in [0.05, 0.1) is 19.3 Å². The maximum atomic E-state index is 11.8. The number of fused-ring (bicyclic) bond motifs is 1. The molecule has 3 aromatic carbocycles. The average Bonchev–Trinajstić information content (AvgIpc) is 2.86. The van der Waals surface area contributed by atoms with Gasteiger partial charge in [0.1, 0.15) is 5.75 Å². The van der Waals surface area contributed by atoms with Gasteiger partial charge in [-0.1, -0.05) is 88.8 Å². The standard InChI is InChI=1S/C30H36O3/c1-4-5-6-7-8-9-10-11-19-33-29-18-17-26-20-25(15-16-27(26)22-29)23(2)24-13-12-14-28(21-24)30(31)32-3/h12-18,20-22H,2,4-11,19H2,1,3H3. The molecular formula is C30H36O3. The number of methoxy groups -OCH3 is 1. The molecule has 0 atom stereocenters. The van der Waals surface area contributed by atoms with Crippen LogP contribution in [0.3, 0.4) is 0 Å². The molecule has 0 saturated carbocycles. The minimum Gasteiger partial charge on any atom is -0.494 e. The first-order chi connectivity index (χ1) is 16.1. The molecule has 0 heterocycles. The molecule has 0 N–H and O–H groups in total. The monoisotopic (exact) mass is 444 g/mol. The Morgan fingerprint density at radius 3 is 2.15 bits per heavy atom. The molecule has 0 saturated heterocycles. The van der Waals surface area contributed by atoms with E-state index in [1.807, 2.05) is 24.3 Å². The van der Waals surface area contributed by atoms with Crippen molar-refractivity contribution in [3.63, 3.8) is 0 Å². The van der Waals surface area contributed by atoms with Crippen LogP contribution in [0.15, 0.2) is 67.2 Å². The van der Waals surface area contributed by atoms with Gasteiger partial charge in [0.15, 0.2) is 0 Å². The number of benzene rings is 3. The fourth-order valence-corrected chi connectivity index (χ4v) is 4.05. The molecule has 33 heavy (non-hydrogen) atoms. The second-order valence-corrected chi connectivity index (χ2v) is 8.60. The van der Waals surface area contributed by atoms with E-state index in [2.05, 4.69) is 43.8 Å². The van der Waals surface area contributed by atoms with E-state index in [1.54, 1.807) is 6.07 Å². The Labute approximate surface area is 198 Å². The van der Waals surface area contributed by atoms with Crippen molar-refractivity contribution in [1.29, 1.82) is 0 Å². The van der Waals surface area contributed by atoms with Crippen LogP contribution < -0.4 is 4.74 Å². The first-order valence-corrected chi connectivity index (χ1v) is 12.2. The Morgan fingerprint density at radius 2 is 1.39 bits per heavy atom. The van der Waals surface area contributed by atoms with Crippen molar-refractivity contribution in [3.05, 3.63) is 83.9 Å². The summed E-state index contributed by atoms with van der Waals surface area (Å²) in [6.45, 7) is 7.28. The number of ether oxygens (including phenoxy) is 2. The highest BCUT2D eigenvalue weighted by molar-refractivity contribution is 5.93. The molecule has 0 bridgehead atoms. The molecule has 0 aromatic heterocycles. The van der Waals surface area contributed by atoms with Crippen molar-refractivity contribution >= 4 is 22.3 Å². The van der Waals surface area contributed by atoms with Gasteiger partial charge in [-0.15, -0.1) is 0 Å². The summed E-state index contributed by atoms with van der Waals surface area (Å²) in [6.07, 6.45) is 10.4. The van der Waals surface area contributed by atoms with E-state index in [-0.39, 0.29) is 5.97 Å². The second kappa shape index (κ2) is 12.8. The molecule has 0 unspecified atom stereocenters. The topological polar surface area (TPSA) is 35.5 Å². The van der Waals surface area contributed by atoms with Gasteiger partial charge in [0.2, 0.25) is 0 Å². The molecular weight excluding hydrogens is 408 g/mol. The van der Waals surface area contributed by atoms with Gasteiger partial charge in [-0.25, -0.2) is 4.79 Å². The SMILES string of the molecule is C=C(c1cccc(C(=O)OC)c1)c1ccc2cc(OCCCCCCCCCC)ccc2c1. The fourth-order valence-electron chi connectivity index (χ4n) is 4.05. The summed E-state index contributed by atoms with van der Waals surface area (Å²) in [5.41, 5.74) is 3.33. The number of hydrogen-bond donors (Lipinski definition) is 0. The third kappa shape index (κ3) is 7.21. The smallest absolute Gasteiger partial charge is 0.337 e. The number of hydrogen-bond acceptors (Lipinski definition) is 3. The zero-order valence-electron chi connectivity index (χ0n) is 20.1. The first-order valence-electron chi connectivity index (χ1n) is 12.2. The summed E-state index contributed by atoms with van der Waals surface area (Å²) < 4.78 is 10.8.